The minimum atomic E-state index is 0.0226. The van der Waals surface area contributed by atoms with Crippen molar-refractivity contribution in [3.05, 3.63) is 0 Å². The Labute approximate surface area is 89.6 Å². The van der Waals surface area contributed by atoms with E-state index in [1.807, 2.05) is 0 Å². The van der Waals surface area contributed by atoms with Crippen LogP contribution in [0.25, 0.3) is 0 Å². The lowest BCUT2D eigenvalue weighted by Crippen LogP contribution is -2.47. The van der Waals surface area contributed by atoms with E-state index in [-0.39, 0.29) is 5.54 Å². The summed E-state index contributed by atoms with van der Waals surface area (Å²) in [6, 6.07) is 0. The Kier molecular flexibility index (Phi) is 4.17. The molecule has 0 bridgehead atoms. The number of hydrazine groups is 1. The minimum Gasteiger partial charge on any atom is -0.271 e. The van der Waals surface area contributed by atoms with Crippen molar-refractivity contribution in [3.8, 4) is 0 Å². The first-order valence-electron chi connectivity index (χ1n) is 5.45. The second-order valence-corrected chi connectivity index (χ2v) is 7.11. The van der Waals surface area contributed by atoms with Crippen molar-refractivity contribution < 1.29 is 0 Å². The molecule has 3 N–H and O–H groups in total. The number of nitrogens with one attached hydrogen (secondary N) is 1. The second kappa shape index (κ2) is 4.19. The number of rotatable bonds is 4. The third-order valence-corrected chi connectivity index (χ3v) is 2.32. The molecule has 0 aromatic heterocycles. The van der Waals surface area contributed by atoms with Gasteiger partial charge in [-0.15, -0.1) is 0 Å². The molecule has 86 valence electrons. The van der Waals surface area contributed by atoms with Crippen molar-refractivity contribution in [3.63, 3.8) is 0 Å². The molecular weight excluding hydrogens is 172 g/mol. The predicted octanol–water partition coefficient (Wildman–Crippen LogP) is 3.08. The van der Waals surface area contributed by atoms with Gasteiger partial charge < -0.3 is 0 Å². The standard InChI is InChI=1S/C12H28N2/c1-10(2,3)8-11(4,5)9-12(6,7)14-13/h14H,8-9,13H2,1-7H3. The topological polar surface area (TPSA) is 38.0 Å². The van der Waals surface area contributed by atoms with E-state index in [4.69, 9.17) is 5.84 Å². The van der Waals surface area contributed by atoms with Crippen LogP contribution in [0.15, 0.2) is 0 Å². The summed E-state index contributed by atoms with van der Waals surface area (Å²) in [6.07, 6.45) is 2.30. The monoisotopic (exact) mass is 200 g/mol. The lowest BCUT2D eigenvalue weighted by atomic mass is 9.71. The first-order valence-corrected chi connectivity index (χ1v) is 5.45. The first-order chi connectivity index (χ1) is 5.97. The summed E-state index contributed by atoms with van der Waals surface area (Å²) in [5, 5.41) is 0. The Morgan fingerprint density at radius 1 is 0.857 bits per heavy atom. The molecule has 0 fully saturated rings. The van der Waals surface area contributed by atoms with E-state index in [1.54, 1.807) is 0 Å². The van der Waals surface area contributed by atoms with Gasteiger partial charge in [0.05, 0.1) is 0 Å². The smallest absolute Gasteiger partial charge is 0.0270 e. The van der Waals surface area contributed by atoms with Crippen LogP contribution in [0.4, 0.5) is 0 Å². The minimum absolute atomic E-state index is 0.0226. The van der Waals surface area contributed by atoms with Gasteiger partial charge in [-0.2, -0.15) is 0 Å². The molecule has 0 aromatic carbocycles. The third-order valence-electron chi connectivity index (χ3n) is 2.32. The fourth-order valence-corrected chi connectivity index (χ4v) is 2.75. The molecule has 0 rings (SSSR count). The molecule has 0 atom stereocenters. The zero-order valence-electron chi connectivity index (χ0n) is 11.0. The highest BCUT2D eigenvalue weighted by molar-refractivity contribution is 4.86. The third kappa shape index (κ3) is 6.39. The quantitative estimate of drug-likeness (QED) is 0.540. The van der Waals surface area contributed by atoms with Crippen LogP contribution >= 0.6 is 0 Å². The Morgan fingerprint density at radius 3 is 1.57 bits per heavy atom. The summed E-state index contributed by atoms with van der Waals surface area (Å²) in [7, 11) is 0. The van der Waals surface area contributed by atoms with E-state index in [1.165, 1.54) is 6.42 Å². The van der Waals surface area contributed by atoms with Crippen molar-refractivity contribution >= 4 is 0 Å². The summed E-state index contributed by atoms with van der Waals surface area (Å²) < 4.78 is 0. The SMILES string of the molecule is CC(C)(C)CC(C)(C)CC(C)(C)NN. The van der Waals surface area contributed by atoms with E-state index < -0.39 is 0 Å². The molecular formula is C12H28N2. The van der Waals surface area contributed by atoms with E-state index in [2.05, 4.69) is 53.9 Å². The number of hydrogen-bond acceptors (Lipinski definition) is 2. The van der Waals surface area contributed by atoms with Crippen molar-refractivity contribution in [1.29, 1.82) is 0 Å². The van der Waals surface area contributed by atoms with Crippen LogP contribution in [0.1, 0.15) is 61.3 Å². The summed E-state index contributed by atoms with van der Waals surface area (Å²) in [5.41, 5.74) is 3.62. The summed E-state index contributed by atoms with van der Waals surface area (Å²) >= 11 is 0. The maximum Gasteiger partial charge on any atom is 0.0270 e. The zero-order chi connectivity index (χ0) is 11.6. The molecule has 0 aliphatic rings. The van der Waals surface area contributed by atoms with E-state index in [0.29, 0.717) is 10.8 Å². The molecule has 0 aliphatic heterocycles. The second-order valence-electron chi connectivity index (χ2n) is 7.11. The van der Waals surface area contributed by atoms with Gasteiger partial charge in [-0.3, -0.25) is 11.3 Å². The molecule has 0 unspecified atom stereocenters. The molecule has 14 heavy (non-hydrogen) atoms. The van der Waals surface area contributed by atoms with Crippen LogP contribution in [-0.4, -0.2) is 5.54 Å². The maximum atomic E-state index is 5.53. The molecule has 0 radical (unpaired) electrons. The van der Waals surface area contributed by atoms with Crippen LogP contribution < -0.4 is 11.3 Å². The van der Waals surface area contributed by atoms with Crippen LogP contribution in [0.3, 0.4) is 0 Å². The van der Waals surface area contributed by atoms with Gasteiger partial charge in [0.25, 0.3) is 0 Å². The van der Waals surface area contributed by atoms with Crippen LogP contribution in [0.5, 0.6) is 0 Å². The fourth-order valence-electron chi connectivity index (χ4n) is 2.75. The van der Waals surface area contributed by atoms with Crippen LogP contribution in [-0.2, 0) is 0 Å². The Morgan fingerprint density at radius 2 is 1.29 bits per heavy atom. The highest BCUT2D eigenvalue weighted by Crippen LogP contribution is 2.38. The molecule has 2 nitrogen and oxygen atoms in total. The predicted molar refractivity (Wildman–Crippen MR) is 63.9 cm³/mol. The van der Waals surface area contributed by atoms with E-state index in [9.17, 15) is 0 Å². The van der Waals surface area contributed by atoms with Crippen LogP contribution in [0, 0.1) is 10.8 Å². The van der Waals surface area contributed by atoms with Gasteiger partial charge in [0.15, 0.2) is 0 Å². The summed E-state index contributed by atoms with van der Waals surface area (Å²) in [4.78, 5) is 0. The van der Waals surface area contributed by atoms with Gasteiger partial charge in [0, 0.05) is 5.54 Å². The van der Waals surface area contributed by atoms with Gasteiger partial charge in [-0.05, 0) is 37.5 Å². The van der Waals surface area contributed by atoms with Gasteiger partial charge in [0.1, 0.15) is 0 Å². The molecule has 0 spiro atoms. The van der Waals surface area contributed by atoms with Crippen LogP contribution in [0.2, 0.25) is 0 Å². The van der Waals surface area contributed by atoms with Gasteiger partial charge in [0.2, 0.25) is 0 Å². The van der Waals surface area contributed by atoms with Crippen molar-refractivity contribution in [1.82, 2.24) is 5.43 Å². The number of nitrogens with two attached hydrogens (primary N) is 1. The maximum absolute atomic E-state index is 5.53. The molecule has 0 amide bonds. The highest BCUT2D eigenvalue weighted by Gasteiger charge is 2.31. The summed E-state index contributed by atoms with van der Waals surface area (Å²) in [5.74, 6) is 5.53. The van der Waals surface area contributed by atoms with Gasteiger partial charge in [-0.25, -0.2) is 0 Å². The number of hydrogen-bond donors (Lipinski definition) is 2. The van der Waals surface area contributed by atoms with Crippen molar-refractivity contribution in [2.45, 2.75) is 66.8 Å². The highest BCUT2D eigenvalue weighted by atomic mass is 15.3. The lowest BCUT2D eigenvalue weighted by Gasteiger charge is -2.38. The summed E-state index contributed by atoms with van der Waals surface area (Å²) in [6.45, 7) is 15.8. The molecule has 0 aliphatic carbocycles. The molecule has 0 saturated heterocycles. The van der Waals surface area contributed by atoms with Gasteiger partial charge >= 0.3 is 0 Å². The molecule has 0 heterocycles. The Balaban J connectivity index is 4.35. The lowest BCUT2D eigenvalue weighted by molar-refractivity contribution is 0.152. The largest absolute Gasteiger partial charge is 0.271 e. The molecule has 0 saturated carbocycles. The average molecular weight is 200 g/mol. The van der Waals surface area contributed by atoms with Crippen molar-refractivity contribution in [2.75, 3.05) is 0 Å². The fraction of sp³-hybridized carbons (Fsp3) is 1.00. The average Bonchev–Trinajstić information content (AvgIpc) is 1.78. The Hall–Kier alpha value is -0.0800. The van der Waals surface area contributed by atoms with Crippen molar-refractivity contribution in [2.24, 2.45) is 16.7 Å². The normalized spacial score (nSPS) is 14.6. The van der Waals surface area contributed by atoms with Gasteiger partial charge in [-0.1, -0.05) is 34.6 Å². The molecule has 0 aromatic rings. The van der Waals surface area contributed by atoms with E-state index >= 15 is 0 Å². The Bertz CT molecular complexity index is 175. The first kappa shape index (κ1) is 13.9. The van der Waals surface area contributed by atoms with E-state index in [0.717, 1.165) is 6.42 Å². The zero-order valence-corrected chi connectivity index (χ0v) is 11.0. The molecule has 2 heteroatoms.